The summed E-state index contributed by atoms with van der Waals surface area (Å²) in [6, 6.07) is 0. The van der Waals surface area contributed by atoms with E-state index in [0.29, 0.717) is 0 Å². The molecule has 0 nitrogen and oxygen atoms in total. The van der Waals surface area contributed by atoms with E-state index in [9.17, 15) is 0 Å². The van der Waals surface area contributed by atoms with Gasteiger partial charge in [0.05, 0.1) is 0 Å². The van der Waals surface area contributed by atoms with E-state index < -0.39 is 0 Å². The Bertz CT molecular complexity index is 3.25. The van der Waals surface area contributed by atoms with Gasteiger partial charge in [-0.25, -0.2) is 0 Å². The molecule has 0 unspecified atom stereocenters. The first kappa shape index (κ1) is 34.9. The van der Waals surface area contributed by atoms with E-state index in [-0.39, 0.29) is 70.7 Å². The van der Waals surface area contributed by atoms with Gasteiger partial charge in [-0.1, -0.05) is 0 Å². The van der Waals surface area contributed by atoms with Gasteiger partial charge >= 0.3 is 0 Å². The van der Waals surface area contributed by atoms with E-state index in [2.05, 4.69) is 0 Å². The van der Waals surface area contributed by atoms with Crippen LogP contribution in [0.3, 0.4) is 0 Å². The molecule has 0 rings (SSSR count). The van der Waals surface area contributed by atoms with Crippen molar-refractivity contribution in [3.8, 4) is 0 Å². The molecule has 0 fully saturated rings. The minimum atomic E-state index is 0. The van der Waals surface area contributed by atoms with Gasteiger partial charge < -0.3 is 0 Å². The molecule has 4 heteroatoms. The SMILES string of the molecule is [Fe].[Fe].[Fe].[Ru]. The van der Waals surface area contributed by atoms with Crippen molar-refractivity contribution in [2.75, 3.05) is 0 Å². The Hall–Kier alpha value is 2.18. The molecule has 0 aliphatic heterocycles. The predicted octanol–water partition coefficient (Wildman–Crippen LogP) is -0.0100. The van der Waals surface area contributed by atoms with Gasteiger partial charge in [0.25, 0.3) is 0 Å². The van der Waals surface area contributed by atoms with Crippen molar-refractivity contribution >= 4 is 0 Å². The Balaban J connectivity index is 0. The molecule has 0 saturated carbocycles. The van der Waals surface area contributed by atoms with Crippen molar-refractivity contribution in [2.24, 2.45) is 0 Å². The quantitative estimate of drug-likeness (QED) is 0.542. The summed E-state index contributed by atoms with van der Waals surface area (Å²) in [5.41, 5.74) is 0. The first-order chi connectivity index (χ1) is 0. The zero-order valence-corrected chi connectivity index (χ0v) is 6.46. The molecule has 0 aromatic rings. The van der Waals surface area contributed by atoms with Crippen LogP contribution in [0.4, 0.5) is 0 Å². The van der Waals surface area contributed by atoms with E-state index in [0.717, 1.165) is 0 Å². The summed E-state index contributed by atoms with van der Waals surface area (Å²) in [6.45, 7) is 0. The second-order valence-corrected chi connectivity index (χ2v) is 0. The molecule has 4 heavy (non-hydrogen) atoms. The minimum absolute atomic E-state index is 0. The summed E-state index contributed by atoms with van der Waals surface area (Å²) in [5.74, 6) is 0. The van der Waals surface area contributed by atoms with Crippen LogP contribution in [0.15, 0.2) is 0 Å². The molecule has 0 aromatic heterocycles. The first-order valence-corrected chi connectivity index (χ1v) is 0. The average molecular weight is 269 g/mol. The van der Waals surface area contributed by atoms with Crippen LogP contribution < -0.4 is 0 Å². The van der Waals surface area contributed by atoms with E-state index in [1.165, 1.54) is 0 Å². The van der Waals surface area contributed by atoms with Crippen molar-refractivity contribution in [3.63, 3.8) is 0 Å². The second-order valence-electron chi connectivity index (χ2n) is 0. The van der Waals surface area contributed by atoms with Crippen molar-refractivity contribution in [2.45, 2.75) is 0 Å². The fraction of sp³-hybridized carbons (Fsp3) is 0. The van der Waals surface area contributed by atoms with Gasteiger partial charge in [0.1, 0.15) is 0 Å². The van der Waals surface area contributed by atoms with Crippen molar-refractivity contribution in [3.05, 3.63) is 0 Å². The van der Waals surface area contributed by atoms with Gasteiger partial charge in [-0.3, -0.25) is 0 Å². The van der Waals surface area contributed by atoms with Crippen molar-refractivity contribution < 1.29 is 70.7 Å². The Kier molecular flexibility index (Phi) is 166. The number of rotatable bonds is 0. The standard InChI is InChI=1S/3Fe.Ru. The largest absolute Gasteiger partial charge is 0 e. The molecule has 0 N–H and O–H groups in total. The van der Waals surface area contributed by atoms with Crippen LogP contribution in [-0.2, 0) is 70.7 Å². The molecule has 0 amide bonds. The molecule has 0 spiro atoms. The zero-order chi connectivity index (χ0) is 0. The number of hydrogen-bond donors (Lipinski definition) is 0. The molecule has 0 aliphatic rings. The molecule has 0 bridgehead atoms. The Labute approximate surface area is 70.0 Å². The van der Waals surface area contributed by atoms with Crippen LogP contribution >= 0.6 is 0 Å². The summed E-state index contributed by atoms with van der Waals surface area (Å²) >= 11 is 0. The van der Waals surface area contributed by atoms with E-state index >= 15 is 0 Å². The summed E-state index contributed by atoms with van der Waals surface area (Å²) in [4.78, 5) is 0. The maximum absolute atomic E-state index is 0. The predicted molar refractivity (Wildman–Crippen MR) is 0 cm³/mol. The Morgan fingerprint density at radius 1 is 0.500 bits per heavy atom. The van der Waals surface area contributed by atoms with Gasteiger partial charge in [0.2, 0.25) is 0 Å². The fourth-order valence-corrected chi connectivity index (χ4v) is 0. The molecule has 0 radical (unpaired) electrons. The second kappa shape index (κ2) is 19.0. The smallest absolute Gasteiger partial charge is 0 e. The molecule has 0 aliphatic carbocycles. The van der Waals surface area contributed by atoms with Gasteiger partial charge in [0.15, 0.2) is 0 Å². The maximum atomic E-state index is 0. The monoisotopic (exact) mass is 270 g/mol. The van der Waals surface area contributed by atoms with Crippen LogP contribution in [0.5, 0.6) is 0 Å². The van der Waals surface area contributed by atoms with Crippen LogP contribution in [0.1, 0.15) is 0 Å². The number of hydrogen-bond acceptors (Lipinski definition) is 0. The molecular formula is Fe3Ru. The molecule has 0 aromatic carbocycles. The van der Waals surface area contributed by atoms with Gasteiger partial charge in [-0.2, -0.15) is 0 Å². The Morgan fingerprint density at radius 2 is 0.500 bits per heavy atom. The van der Waals surface area contributed by atoms with Gasteiger partial charge in [0, 0.05) is 70.7 Å². The van der Waals surface area contributed by atoms with Crippen LogP contribution in [-0.4, -0.2) is 0 Å². The topological polar surface area (TPSA) is 0 Å². The maximum Gasteiger partial charge on any atom is 0 e. The van der Waals surface area contributed by atoms with Crippen LogP contribution in [0.2, 0.25) is 0 Å². The van der Waals surface area contributed by atoms with Crippen LogP contribution in [0.25, 0.3) is 0 Å². The minimum Gasteiger partial charge on any atom is 0 e. The van der Waals surface area contributed by atoms with E-state index in [4.69, 9.17) is 0 Å². The van der Waals surface area contributed by atoms with Crippen molar-refractivity contribution in [1.82, 2.24) is 0 Å². The fourth-order valence-electron chi connectivity index (χ4n) is 0. The third kappa shape index (κ3) is 8.89. The third-order valence-electron chi connectivity index (χ3n) is 0. The molecule has 0 heterocycles. The summed E-state index contributed by atoms with van der Waals surface area (Å²) in [6.07, 6.45) is 0. The Morgan fingerprint density at radius 3 is 0.500 bits per heavy atom. The molecular weight excluding hydrogens is 269 g/mol. The third-order valence-corrected chi connectivity index (χ3v) is 0. The van der Waals surface area contributed by atoms with E-state index in [1.807, 2.05) is 0 Å². The first-order valence-electron chi connectivity index (χ1n) is 0. The molecule has 0 saturated heterocycles. The molecule has 32 valence electrons. The summed E-state index contributed by atoms with van der Waals surface area (Å²) < 4.78 is 0. The van der Waals surface area contributed by atoms with Crippen molar-refractivity contribution in [1.29, 1.82) is 0 Å². The summed E-state index contributed by atoms with van der Waals surface area (Å²) in [7, 11) is 0. The zero-order valence-electron chi connectivity index (χ0n) is 1.41. The van der Waals surface area contributed by atoms with Crippen LogP contribution in [0, 0.1) is 0 Å². The normalized spacial score (nSPS) is 0. The average Bonchev–Trinajstić information content (AvgIpc) is 0. The summed E-state index contributed by atoms with van der Waals surface area (Å²) in [5, 5.41) is 0. The van der Waals surface area contributed by atoms with E-state index in [1.54, 1.807) is 0 Å². The van der Waals surface area contributed by atoms with Gasteiger partial charge in [-0.05, 0) is 0 Å². The van der Waals surface area contributed by atoms with Gasteiger partial charge in [-0.15, -0.1) is 0 Å². The molecule has 0 atom stereocenters.